The summed E-state index contributed by atoms with van der Waals surface area (Å²) in [5.74, 6) is 0. The topological polar surface area (TPSA) is 17.1 Å². The van der Waals surface area contributed by atoms with Crippen LogP contribution in [0.2, 0.25) is 0 Å². The third-order valence-corrected chi connectivity index (χ3v) is 4.79. The summed E-state index contributed by atoms with van der Waals surface area (Å²) in [5, 5.41) is 0. The Labute approximate surface area is 128 Å². The first kappa shape index (κ1) is 14.5. The van der Waals surface area contributed by atoms with Crippen molar-refractivity contribution in [3.8, 4) is 0 Å². The van der Waals surface area contributed by atoms with Crippen LogP contribution in [0.15, 0.2) is 62.3 Å². The van der Waals surface area contributed by atoms with Crippen LogP contribution in [0.1, 0.15) is 11.1 Å². The van der Waals surface area contributed by atoms with E-state index in [4.69, 9.17) is 11.6 Å². The van der Waals surface area contributed by atoms with Crippen LogP contribution < -0.4 is 0 Å². The van der Waals surface area contributed by atoms with Gasteiger partial charge in [-0.3, -0.25) is 0 Å². The van der Waals surface area contributed by atoms with Crippen molar-refractivity contribution in [3.63, 3.8) is 0 Å². The van der Waals surface area contributed by atoms with Crippen molar-refractivity contribution in [2.75, 3.05) is 0 Å². The van der Waals surface area contributed by atoms with Crippen LogP contribution in [0.4, 0.5) is 0 Å². The Morgan fingerprint density at radius 1 is 1.11 bits per heavy atom. The standard InChI is InChI=1S/C15H12BrClOS/c1-11-2-8-14(9-3-11)19(18)15(17)10-12-4-6-13(16)7-5-12/h2-10H,1H3/b15-10+/t19-/m1/s1. The summed E-state index contributed by atoms with van der Waals surface area (Å²) in [7, 11) is -1.33. The largest absolute Gasteiger partial charge is 0.248 e. The molecule has 0 fully saturated rings. The van der Waals surface area contributed by atoms with Crippen LogP contribution in [-0.4, -0.2) is 4.21 Å². The van der Waals surface area contributed by atoms with Crippen molar-refractivity contribution in [3.05, 3.63) is 68.5 Å². The lowest BCUT2D eigenvalue weighted by Gasteiger charge is -2.02. The van der Waals surface area contributed by atoms with Crippen molar-refractivity contribution < 1.29 is 4.21 Å². The summed E-state index contributed by atoms with van der Waals surface area (Å²) in [6.07, 6.45) is 1.73. The fourth-order valence-electron chi connectivity index (χ4n) is 1.52. The Bertz CT molecular complexity index is 618. The molecule has 0 saturated carbocycles. The Hall–Kier alpha value is -0.900. The summed E-state index contributed by atoms with van der Waals surface area (Å²) in [4.78, 5) is 0.712. The Morgan fingerprint density at radius 2 is 1.68 bits per heavy atom. The second-order valence-corrected chi connectivity index (χ2v) is 7.08. The number of rotatable bonds is 3. The maximum atomic E-state index is 12.2. The molecule has 0 bridgehead atoms. The van der Waals surface area contributed by atoms with Gasteiger partial charge in [0.05, 0.1) is 10.8 Å². The van der Waals surface area contributed by atoms with Crippen LogP contribution in [0.25, 0.3) is 6.08 Å². The zero-order valence-corrected chi connectivity index (χ0v) is 13.4. The second kappa shape index (κ2) is 6.51. The molecule has 19 heavy (non-hydrogen) atoms. The van der Waals surface area contributed by atoms with Crippen molar-refractivity contribution in [2.24, 2.45) is 0 Å². The normalized spacial score (nSPS) is 13.3. The van der Waals surface area contributed by atoms with Gasteiger partial charge in [0.1, 0.15) is 4.36 Å². The molecule has 0 saturated heterocycles. The molecule has 2 aromatic carbocycles. The van der Waals surface area contributed by atoms with Gasteiger partial charge in [0.25, 0.3) is 0 Å². The first-order valence-electron chi connectivity index (χ1n) is 5.67. The average molecular weight is 356 g/mol. The average Bonchev–Trinajstić information content (AvgIpc) is 2.41. The van der Waals surface area contributed by atoms with E-state index in [0.717, 1.165) is 15.6 Å². The van der Waals surface area contributed by atoms with Gasteiger partial charge in [-0.05, 0) is 42.8 Å². The van der Waals surface area contributed by atoms with Gasteiger partial charge in [-0.25, -0.2) is 4.21 Å². The van der Waals surface area contributed by atoms with Gasteiger partial charge in [-0.1, -0.05) is 57.4 Å². The first-order valence-corrected chi connectivity index (χ1v) is 7.99. The van der Waals surface area contributed by atoms with E-state index in [1.165, 1.54) is 0 Å². The number of aryl methyl sites for hydroxylation is 1. The minimum Gasteiger partial charge on any atom is -0.248 e. The molecule has 98 valence electrons. The molecule has 2 aromatic rings. The molecule has 0 spiro atoms. The maximum Gasteiger partial charge on any atom is 0.110 e. The lowest BCUT2D eigenvalue weighted by Crippen LogP contribution is -1.91. The van der Waals surface area contributed by atoms with Gasteiger partial charge < -0.3 is 0 Å². The van der Waals surface area contributed by atoms with E-state index in [0.29, 0.717) is 9.26 Å². The predicted octanol–water partition coefficient (Wildman–Crippen LogP) is 5.10. The van der Waals surface area contributed by atoms with Crippen LogP contribution in [-0.2, 0) is 10.8 Å². The van der Waals surface area contributed by atoms with E-state index in [2.05, 4.69) is 15.9 Å². The summed E-state index contributed by atoms with van der Waals surface area (Å²) in [6.45, 7) is 1.99. The van der Waals surface area contributed by atoms with Gasteiger partial charge in [0, 0.05) is 9.37 Å². The first-order chi connectivity index (χ1) is 9.06. The number of hydrogen-bond donors (Lipinski definition) is 0. The third-order valence-electron chi connectivity index (χ3n) is 2.56. The van der Waals surface area contributed by atoms with E-state index in [1.807, 2.05) is 55.5 Å². The number of benzene rings is 2. The molecule has 0 heterocycles. The van der Waals surface area contributed by atoms with E-state index >= 15 is 0 Å². The van der Waals surface area contributed by atoms with Crippen LogP contribution in [0, 0.1) is 6.92 Å². The predicted molar refractivity (Wildman–Crippen MR) is 85.6 cm³/mol. The summed E-state index contributed by atoms with van der Waals surface area (Å²) >= 11 is 9.50. The van der Waals surface area contributed by atoms with Crippen molar-refractivity contribution in [2.45, 2.75) is 11.8 Å². The quantitative estimate of drug-likeness (QED) is 0.748. The summed E-state index contributed by atoms with van der Waals surface area (Å²) in [5.41, 5.74) is 2.06. The van der Waals surface area contributed by atoms with E-state index < -0.39 is 10.8 Å². The molecule has 1 atom stereocenters. The van der Waals surface area contributed by atoms with E-state index in [9.17, 15) is 4.21 Å². The highest BCUT2D eigenvalue weighted by molar-refractivity contribution is 9.10. The second-order valence-electron chi connectivity index (χ2n) is 4.08. The van der Waals surface area contributed by atoms with Crippen LogP contribution in [0.5, 0.6) is 0 Å². The molecule has 4 heteroatoms. The third kappa shape index (κ3) is 4.03. The van der Waals surface area contributed by atoms with Gasteiger partial charge in [0.15, 0.2) is 0 Å². The maximum absolute atomic E-state index is 12.2. The molecular formula is C15H12BrClOS. The van der Waals surface area contributed by atoms with Crippen LogP contribution >= 0.6 is 27.5 Å². The molecular weight excluding hydrogens is 344 g/mol. The zero-order valence-electron chi connectivity index (χ0n) is 10.3. The SMILES string of the molecule is Cc1ccc([S@@](=O)/C(Cl)=C/c2ccc(Br)cc2)cc1. The highest BCUT2D eigenvalue weighted by atomic mass is 79.9. The Kier molecular flexibility index (Phi) is 4.97. The molecule has 2 rings (SSSR count). The van der Waals surface area contributed by atoms with Gasteiger partial charge in [0.2, 0.25) is 0 Å². The molecule has 0 unspecified atom stereocenters. The van der Waals surface area contributed by atoms with E-state index in [-0.39, 0.29) is 0 Å². The molecule has 0 radical (unpaired) electrons. The fraction of sp³-hybridized carbons (Fsp3) is 0.0667. The molecule has 0 aliphatic carbocycles. The van der Waals surface area contributed by atoms with Crippen molar-refractivity contribution >= 4 is 44.4 Å². The molecule has 0 aliphatic heterocycles. The molecule has 0 amide bonds. The van der Waals surface area contributed by atoms with Crippen molar-refractivity contribution in [1.29, 1.82) is 0 Å². The number of hydrogen-bond acceptors (Lipinski definition) is 1. The molecule has 0 aliphatic rings. The monoisotopic (exact) mass is 354 g/mol. The Balaban J connectivity index is 2.23. The number of halogens is 2. The molecule has 0 aromatic heterocycles. The highest BCUT2D eigenvalue weighted by Crippen LogP contribution is 2.21. The van der Waals surface area contributed by atoms with Gasteiger partial charge in [-0.15, -0.1) is 0 Å². The van der Waals surface area contributed by atoms with Gasteiger partial charge in [-0.2, -0.15) is 0 Å². The zero-order chi connectivity index (χ0) is 13.8. The van der Waals surface area contributed by atoms with Gasteiger partial charge >= 0.3 is 0 Å². The molecule has 1 nitrogen and oxygen atoms in total. The van der Waals surface area contributed by atoms with Crippen LogP contribution in [0.3, 0.4) is 0 Å². The molecule has 0 N–H and O–H groups in total. The van der Waals surface area contributed by atoms with E-state index in [1.54, 1.807) is 6.08 Å². The lowest BCUT2D eigenvalue weighted by molar-refractivity contribution is 0.688. The minimum atomic E-state index is -1.33. The minimum absolute atomic E-state index is 0.325. The smallest absolute Gasteiger partial charge is 0.110 e. The lowest BCUT2D eigenvalue weighted by atomic mass is 10.2. The highest BCUT2D eigenvalue weighted by Gasteiger charge is 2.07. The summed E-state index contributed by atoms with van der Waals surface area (Å²) in [6, 6.07) is 15.2. The fourth-order valence-corrected chi connectivity index (χ4v) is 3.03. The Morgan fingerprint density at radius 3 is 2.26 bits per heavy atom. The van der Waals surface area contributed by atoms with Crippen molar-refractivity contribution in [1.82, 2.24) is 0 Å². The summed E-state index contributed by atoms with van der Waals surface area (Å²) < 4.78 is 13.6.